The number of hydrogen-bond acceptors (Lipinski definition) is 2. The first-order chi connectivity index (χ1) is 12.6. The van der Waals surface area contributed by atoms with E-state index in [0.717, 1.165) is 17.7 Å². The van der Waals surface area contributed by atoms with Crippen molar-refractivity contribution in [3.63, 3.8) is 0 Å². The second kappa shape index (κ2) is 6.52. The lowest BCUT2D eigenvalue weighted by atomic mass is 10.1. The number of aryl methyl sites for hydroxylation is 1. The van der Waals surface area contributed by atoms with Gasteiger partial charge in [0, 0.05) is 29.7 Å². The van der Waals surface area contributed by atoms with Crippen LogP contribution in [0.25, 0.3) is 0 Å². The number of anilines is 2. The minimum absolute atomic E-state index is 0.0536. The van der Waals surface area contributed by atoms with Crippen LogP contribution >= 0.6 is 0 Å². The van der Waals surface area contributed by atoms with E-state index < -0.39 is 0 Å². The Hall–Kier alpha value is -3.34. The summed E-state index contributed by atoms with van der Waals surface area (Å²) < 4.78 is 0. The van der Waals surface area contributed by atoms with Gasteiger partial charge in [-0.2, -0.15) is 0 Å². The van der Waals surface area contributed by atoms with Gasteiger partial charge in [-0.3, -0.25) is 9.59 Å². The molecule has 0 saturated carbocycles. The molecule has 0 bridgehead atoms. The minimum atomic E-state index is -0.219. The Kier molecular flexibility index (Phi) is 4.05. The molecule has 2 aromatic carbocycles. The molecule has 0 saturated heterocycles. The van der Waals surface area contributed by atoms with Crippen LogP contribution in [0, 0.1) is 6.92 Å². The largest absolute Gasteiger partial charge is 0.357 e. The van der Waals surface area contributed by atoms with E-state index >= 15 is 0 Å². The molecule has 1 aromatic heterocycles. The van der Waals surface area contributed by atoms with Crippen LogP contribution < -0.4 is 10.2 Å². The summed E-state index contributed by atoms with van der Waals surface area (Å²) in [6, 6.07) is 16.9. The van der Waals surface area contributed by atoms with Crippen LogP contribution in [0.5, 0.6) is 0 Å². The first kappa shape index (κ1) is 16.1. The van der Waals surface area contributed by atoms with E-state index in [1.165, 1.54) is 5.56 Å². The number of rotatable bonds is 3. The molecule has 0 atom stereocenters. The number of carbonyl (C=O) groups is 2. The molecule has 2 N–H and O–H groups in total. The van der Waals surface area contributed by atoms with E-state index in [1.54, 1.807) is 35.4 Å². The first-order valence-corrected chi connectivity index (χ1v) is 8.58. The number of benzene rings is 2. The van der Waals surface area contributed by atoms with E-state index in [4.69, 9.17) is 0 Å². The average molecular weight is 345 g/mol. The molecular formula is C21H19N3O2. The van der Waals surface area contributed by atoms with E-state index in [-0.39, 0.29) is 11.8 Å². The molecule has 0 unspecified atom stereocenters. The highest BCUT2D eigenvalue weighted by Gasteiger charge is 2.25. The maximum Gasteiger partial charge on any atom is 0.272 e. The molecule has 5 heteroatoms. The van der Waals surface area contributed by atoms with Crippen molar-refractivity contribution in [1.82, 2.24) is 4.98 Å². The summed E-state index contributed by atoms with van der Waals surface area (Å²) in [4.78, 5) is 30.0. The van der Waals surface area contributed by atoms with Gasteiger partial charge in [-0.1, -0.05) is 24.3 Å². The van der Waals surface area contributed by atoms with Crippen molar-refractivity contribution in [2.24, 2.45) is 0 Å². The third-order valence-electron chi connectivity index (χ3n) is 4.68. The van der Waals surface area contributed by atoms with E-state index in [0.29, 0.717) is 23.5 Å². The molecule has 5 nitrogen and oxygen atoms in total. The molecule has 3 aromatic rings. The molecule has 1 aliphatic heterocycles. The van der Waals surface area contributed by atoms with E-state index in [2.05, 4.69) is 16.4 Å². The highest BCUT2D eigenvalue weighted by atomic mass is 16.2. The number of carbonyl (C=O) groups excluding carboxylic acids is 2. The predicted octanol–water partition coefficient (Wildman–Crippen LogP) is 3.78. The second-order valence-electron chi connectivity index (χ2n) is 6.41. The van der Waals surface area contributed by atoms with Gasteiger partial charge in [0.2, 0.25) is 0 Å². The van der Waals surface area contributed by atoms with Gasteiger partial charge in [-0.15, -0.1) is 0 Å². The molecule has 0 aliphatic carbocycles. The van der Waals surface area contributed by atoms with Gasteiger partial charge in [-0.05, 0) is 54.8 Å². The quantitative estimate of drug-likeness (QED) is 0.759. The third-order valence-corrected chi connectivity index (χ3v) is 4.68. The Morgan fingerprint density at radius 3 is 2.73 bits per heavy atom. The number of fused-ring (bicyclic) bond motifs is 1. The number of nitrogens with zero attached hydrogens (tertiary/aromatic N) is 1. The highest BCUT2D eigenvalue weighted by molar-refractivity contribution is 6.09. The zero-order valence-electron chi connectivity index (χ0n) is 14.5. The van der Waals surface area contributed by atoms with Gasteiger partial charge in [-0.25, -0.2) is 0 Å². The molecule has 2 amide bonds. The summed E-state index contributed by atoms with van der Waals surface area (Å²) in [5.41, 5.74) is 4.71. The van der Waals surface area contributed by atoms with Crippen molar-refractivity contribution >= 4 is 23.2 Å². The van der Waals surface area contributed by atoms with Gasteiger partial charge < -0.3 is 15.2 Å². The normalized spacial score (nSPS) is 12.7. The van der Waals surface area contributed by atoms with Crippen molar-refractivity contribution in [2.45, 2.75) is 13.3 Å². The number of H-pyrrole nitrogens is 1. The Labute approximate surface area is 151 Å². The summed E-state index contributed by atoms with van der Waals surface area (Å²) >= 11 is 0. The Balaban J connectivity index is 1.56. The highest BCUT2D eigenvalue weighted by Crippen LogP contribution is 2.29. The topological polar surface area (TPSA) is 65.2 Å². The standard InChI is InChI=1S/C21H19N3O2/c1-14-9-11-22-19(14)20(25)23-17-7-4-6-16(13-17)21(26)24-12-10-15-5-2-3-8-18(15)24/h2-9,11,13,22H,10,12H2,1H3,(H,23,25). The van der Waals surface area contributed by atoms with Gasteiger partial charge in [0.05, 0.1) is 0 Å². The monoisotopic (exact) mass is 345 g/mol. The fourth-order valence-electron chi connectivity index (χ4n) is 3.32. The molecule has 130 valence electrons. The number of aromatic amines is 1. The third kappa shape index (κ3) is 2.88. The van der Waals surface area contributed by atoms with E-state index in [1.807, 2.05) is 31.2 Å². The van der Waals surface area contributed by atoms with Crippen molar-refractivity contribution < 1.29 is 9.59 Å². The Morgan fingerprint density at radius 2 is 1.92 bits per heavy atom. The number of nitrogens with one attached hydrogen (secondary N) is 2. The number of amides is 2. The Bertz CT molecular complexity index is 990. The second-order valence-corrected chi connectivity index (χ2v) is 6.41. The molecule has 4 rings (SSSR count). The number of para-hydroxylation sites is 1. The molecular weight excluding hydrogens is 326 g/mol. The Morgan fingerprint density at radius 1 is 1.08 bits per heavy atom. The first-order valence-electron chi connectivity index (χ1n) is 8.58. The van der Waals surface area contributed by atoms with Gasteiger partial charge in [0.1, 0.15) is 5.69 Å². The van der Waals surface area contributed by atoms with Crippen molar-refractivity contribution in [1.29, 1.82) is 0 Å². The fraction of sp³-hybridized carbons (Fsp3) is 0.143. The lowest BCUT2D eigenvalue weighted by Gasteiger charge is -2.18. The summed E-state index contributed by atoms with van der Waals surface area (Å²) in [6.45, 7) is 2.55. The molecule has 1 aliphatic rings. The minimum Gasteiger partial charge on any atom is -0.357 e. The van der Waals surface area contributed by atoms with E-state index in [9.17, 15) is 9.59 Å². The molecule has 2 heterocycles. The maximum absolute atomic E-state index is 12.9. The van der Waals surface area contributed by atoms with Crippen LogP contribution in [0.1, 0.15) is 32.0 Å². The van der Waals surface area contributed by atoms with Crippen molar-refractivity contribution in [2.75, 3.05) is 16.8 Å². The fourth-order valence-corrected chi connectivity index (χ4v) is 3.32. The summed E-state index contributed by atoms with van der Waals surface area (Å²) in [6.07, 6.45) is 2.60. The van der Waals surface area contributed by atoms with Gasteiger partial charge in [0.25, 0.3) is 11.8 Å². The smallest absolute Gasteiger partial charge is 0.272 e. The predicted molar refractivity (Wildman–Crippen MR) is 102 cm³/mol. The average Bonchev–Trinajstić information content (AvgIpc) is 3.27. The van der Waals surface area contributed by atoms with Crippen LogP contribution in [0.4, 0.5) is 11.4 Å². The zero-order chi connectivity index (χ0) is 18.1. The van der Waals surface area contributed by atoms with Crippen LogP contribution in [0.2, 0.25) is 0 Å². The lowest BCUT2D eigenvalue weighted by molar-refractivity contribution is 0.0986. The van der Waals surface area contributed by atoms with Crippen molar-refractivity contribution in [3.05, 3.63) is 83.2 Å². The van der Waals surface area contributed by atoms with Crippen LogP contribution in [0.15, 0.2) is 60.8 Å². The maximum atomic E-state index is 12.9. The molecule has 26 heavy (non-hydrogen) atoms. The summed E-state index contributed by atoms with van der Waals surface area (Å²) in [5.74, 6) is -0.272. The lowest BCUT2D eigenvalue weighted by Crippen LogP contribution is -2.29. The zero-order valence-corrected chi connectivity index (χ0v) is 14.5. The summed E-state index contributed by atoms with van der Waals surface area (Å²) in [5, 5.41) is 2.85. The SMILES string of the molecule is Cc1cc[nH]c1C(=O)Nc1cccc(C(=O)N2CCc3ccccc32)c1. The molecule has 0 spiro atoms. The van der Waals surface area contributed by atoms with Crippen molar-refractivity contribution in [3.8, 4) is 0 Å². The molecule has 0 radical (unpaired) electrons. The number of aromatic nitrogens is 1. The van der Waals surface area contributed by atoms with Gasteiger partial charge >= 0.3 is 0 Å². The van der Waals surface area contributed by atoms with Crippen LogP contribution in [-0.4, -0.2) is 23.3 Å². The number of hydrogen-bond donors (Lipinski definition) is 2. The van der Waals surface area contributed by atoms with Gasteiger partial charge in [0.15, 0.2) is 0 Å². The summed E-state index contributed by atoms with van der Waals surface area (Å²) in [7, 11) is 0. The molecule has 0 fully saturated rings. The van der Waals surface area contributed by atoms with Crippen LogP contribution in [-0.2, 0) is 6.42 Å². The van der Waals surface area contributed by atoms with Crippen LogP contribution in [0.3, 0.4) is 0 Å².